The second-order valence-electron chi connectivity index (χ2n) is 14.8. The predicted octanol–water partition coefficient (Wildman–Crippen LogP) is 6.30. The number of esters is 1. The van der Waals surface area contributed by atoms with Gasteiger partial charge in [0.1, 0.15) is 6.10 Å². The molecule has 238 valence electrons. The molecule has 43 heavy (non-hydrogen) atoms. The number of fused-ring (bicyclic) bond motifs is 5. The molecule has 0 spiro atoms. The SMILES string of the molecule is COc1cc(/C=C2\CC3C4CCC5C[C@@H](N6CCN(C)CC6)CC[C@]5(C)C4CC[C@]3(C)[C@H]2OC(C)=O)cc(OC)c1OC. The van der Waals surface area contributed by atoms with Gasteiger partial charge >= 0.3 is 5.97 Å². The zero-order chi connectivity index (χ0) is 30.5. The van der Waals surface area contributed by atoms with Gasteiger partial charge in [0.15, 0.2) is 11.5 Å². The van der Waals surface area contributed by atoms with Gasteiger partial charge in [-0.05, 0) is 111 Å². The van der Waals surface area contributed by atoms with Crippen LogP contribution >= 0.6 is 0 Å². The van der Waals surface area contributed by atoms with Crippen molar-refractivity contribution in [2.75, 3.05) is 54.6 Å². The number of hydrogen-bond donors (Lipinski definition) is 0. The largest absolute Gasteiger partial charge is 0.493 e. The number of hydrogen-bond acceptors (Lipinski definition) is 7. The van der Waals surface area contributed by atoms with Crippen molar-refractivity contribution in [3.8, 4) is 17.2 Å². The molecule has 0 amide bonds. The Balaban J connectivity index is 1.26. The highest BCUT2D eigenvalue weighted by atomic mass is 16.5. The summed E-state index contributed by atoms with van der Waals surface area (Å²) in [6.45, 7) is 11.5. The molecule has 1 aromatic carbocycles. The second kappa shape index (κ2) is 11.9. The fourth-order valence-electron chi connectivity index (χ4n) is 10.5. The van der Waals surface area contributed by atoms with Crippen LogP contribution in [0.5, 0.6) is 17.2 Å². The third-order valence-corrected chi connectivity index (χ3v) is 12.8. The van der Waals surface area contributed by atoms with Gasteiger partial charge in [-0.25, -0.2) is 0 Å². The molecule has 5 fully saturated rings. The monoisotopic (exact) mass is 594 g/mol. The third kappa shape index (κ3) is 5.37. The van der Waals surface area contributed by atoms with E-state index in [0.29, 0.717) is 34.5 Å². The summed E-state index contributed by atoms with van der Waals surface area (Å²) in [4.78, 5) is 17.8. The number of benzene rings is 1. The Bertz CT molecular complexity index is 1200. The van der Waals surface area contributed by atoms with E-state index in [0.717, 1.165) is 36.3 Å². The lowest BCUT2D eigenvalue weighted by atomic mass is 9.45. The van der Waals surface area contributed by atoms with Gasteiger partial charge in [-0.2, -0.15) is 0 Å². The molecule has 0 N–H and O–H groups in total. The Morgan fingerprint density at radius 3 is 2.19 bits per heavy atom. The van der Waals surface area contributed by atoms with E-state index in [1.165, 1.54) is 70.3 Å². The van der Waals surface area contributed by atoms with Gasteiger partial charge in [0.25, 0.3) is 0 Å². The van der Waals surface area contributed by atoms with Crippen LogP contribution in [0, 0.1) is 34.5 Å². The fraction of sp³-hybridized carbons (Fsp3) is 0.750. The molecular weight excluding hydrogens is 540 g/mol. The standard InChI is InChI=1S/C36H54N2O5/c1-23(39)43-34-25(18-24-19-31(40-5)33(42-7)32(20-24)41-6)21-30-28-9-8-26-22-27(38-16-14-37(4)15-17-38)10-12-35(26,2)29(28)11-13-36(30,34)3/h18-20,26-30,34H,8-17,21-22H2,1-7H3/b25-18+/t26?,27-,28?,29?,30?,34-,35-,36-/m0/s1. The molecule has 0 bridgehead atoms. The maximum atomic E-state index is 12.5. The molecule has 6 rings (SSSR count). The van der Waals surface area contributed by atoms with E-state index in [2.05, 4.69) is 36.8 Å². The number of ether oxygens (including phenoxy) is 4. The molecule has 1 aromatic rings. The highest BCUT2D eigenvalue weighted by Gasteiger charge is 2.62. The van der Waals surface area contributed by atoms with Gasteiger partial charge in [0.2, 0.25) is 5.75 Å². The first-order valence-electron chi connectivity index (χ1n) is 16.7. The van der Waals surface area contributed by atoms with Gasteiger partial charge in [-0.1, -0.05) is 19.9 Å². The molecule has 4 unspecified atom stereocenters. The molecule has 4 aliphatic carbocycles. The summed E-state index contributed by atoms with van der Waals surface area (Å²) in [7, 11) is 7.18. The minimum atomic E-state index is -0.200. The Morgan fingerprint density at radius 2 is 1.56 bits per heavy atom. The Labute approximate surface area is 259 Å². The minimum absolute atomic E-state index is 0.0421. The molecule has 8 atom stereocenters. The summed E-state index contributed by atoms with van der Waals surface area (Å²) in [6, 6.07) is 4.76. The first kappa shape index (κ1) is 30.8. The Morgan fingerprint density at radius 1 is 0.884 bits per heavy atom. The van der Waals surface area contributed by atoms with Gasteiger partial charge in [-0.15, -0.1) is 0 Å². The van der Waals surface area contributed by atoms with Crippen LogP contribution in [0.4, 0.5) is 0 Å². The molecule has 4 saturated carbocycles. The van der Waals surface area contributed by atoms with E-state index >= 15 is 0 Å². The Hall–Kier alpha value is -2.25. The predicted molar refractivity (Wildman–Crippen MR) is 170 cm³/mol. The first-order valence-corrected chi connectivity index (χ1v) is 16.7. The number of methoxy groups -OCH3 is 3. The zero-order valence-corrected chi connectivity index (χ0v) is 27.6. The van der Waals surface area contributed by atoms with Crippen molar-refractivity contribution in [2.45, 2.75) is 84.3 Å². The van der Waals surface area contributed by atoms with Crippen molar-refractivity contribution in [3.05, 3.63) is 23.3 Å². The molecule has 1 heterocycles. The lowest BCUT2D eigenvalue weighted by molar-refractivity contribution is -0.160. The highest BCUT2D eigenvalue weighted by Crippen LogP contribution is 2.67. The number of carbonyl (C=O) groups excluding carboxylic acids is 1. The number of piperazine rings is 1. The zero-order valence-electron chi connectivity index (χ0n) is 27.6. The lowest BCUT2D eigenvalue weighted by Crippen LogP contribution is -2.57. The summed E-state index contributed by atoms with van der Waals surface area (Å²) in [5.74, 6) is 4.47. The molecule has 0 radical (unpaired) electrons. The van der Waals surface area contributed by atoms with Gasteiger partial charge in [0, 0.05) is 44.6 Å². The van der Waals surface area contributed by atoms with Crippen LogP contribution in [0.3, 0.4) is 0 Å². The second-order valence-corrected chi connectivity index (χ2v) is 14.8. The number of likely N-dealkylation sites (N-methyl/N-ethyl adjacent to an activating group) is 1. The topological polar surface area (TPSA) is 60.5 Å². The maximum absolute atomic E-state index is 12.5. The van der Waals surface area contributed by atoms with Crippen molar-refractivity contribution in [2.24, 2.45) is 34.5 Å². The van der Waals surface area contributed by atoms with Crippen molar-refractivity contribution >= 4 is 12.0 Å². The van der Waals surface area contributed by atoms with E-state index in [-0.39, 0.29) is 17.5 Å². The van der Waals surface area contributed by atoms with Crippen molar-refractivity contribution in [1.29, 1.82) is 0 Å². The lowest BCUT2D eigenvalue weighted by Gasteiger charge is -2.61. The number of rotatable bonds is 6. The number of nitrogens with zero attached hydrogens (tertiary/aromatic N) is 2. The molecule has 0 aromatic heterocycles. The van der Waals surface area contributed by atoms with Crippen LogP contribution in [-0.4, -0.2) is 82.5 Å². The van der Waals surface area contributed by atoms with Crippen molar-refractivity contribution in [1.82, 2.24) is 9.80 Å². The Kier molecular flexibility index (Phi) is 8.53. The van der Waals surface area contributed by atoms with Crippen LogP contribution in [0.15, 0.2) is 17.7 Å². The van der Waals surface area contributed by atoms with Gasteiger partial charge < -0.3 is 23.8 Å². The fourth-order valence-corrected chi connectivity index (χ4v) is 10.5. The number of carbonyl (C=O) groups is 1. The van der Waals surface area contributed by atoms with Gasteiger partial charge in [0.05, 0.1) is 21.3 Å². The molecular formula is C36H54N2O5. The molecule has 7 heteroatoms. The molecule has 1 aliphatic heterocycles. The summed E-state index contributed by atoms with van der Waals surface area (Å²) >= 11 is 0. The maximum Gasteiger partial charge on any atom is 0.303 e. The summed E-state index contributed by atoms with van der Waals surface area (Å²) < 4.78 is 23.1. The van der Waals surface area contributed by atoms with Crippen LogP contribution < -0.4 is 14.2 Å². The highest BCUT2D eigenvalue weighted by molar-refractivity contribution is 5.68. The van der Waals surface area contributed by atoms with E-state index in [9.17, 15) is 4.79 Å². The van der Waals surface area contributed by atoms with Crippen LogP contribution in [0.25, 0.3) is 6.08 Å². The smallest absolute Gasteiger partial charge is 0.303 e. The van der Waals surface area contributed by atoms with Gasteiger partial charge in [-0.3, -0.25) is 9.69 Å². The normalized spacial score (nSPS) is 39.0. The van der Waals surface area contributed by atoms with Crippen LogP contribution in [-0.2, 0) is 9.53 Å². The molecule has 5 aliphatic rings. The third-order valence-electron chi connectivity index (χ3n) is 12.8. The van der Waals surface area contributed by atoms with Crippen molar-refractivity contribution < 1.29 is 23.7 Å². The van der Waals surface area contributed by atoms with Crippen LogP contribution in [0.1, 0.15) is 77.7 Å². The van der Waals surface area contributed by atoms with E-state index in [1.807, 2.05) is 12.1 Å². The van der Waals surface area contributed by atoms with Crippen LogP contribution in [0.2, 0.25) is 0 Å². The first-order chi connectivity index (χ1) is 20.6. The molecule has 1 saturated heterocycles. The average Bonchev–Trinajstić information content (AvgIpc) is 3.26. The minimum Gasteiger partial charge on any atom is -0.493 e. The van der Waals surface area contributed by atoms with E-state index in [4.69, 9.17) is 18.9 Å². The summed E-state index contributed by atoms with van der Waals surface area (Å²) in [5, 5.41) is 0. The van der Waals surface area contributed by atoms with E-state index in [1.54, 1.807) is 28.3 Å². The van der Waals surface area contributed by atoms with Crippen molar-refractivity contribution in [3.63, 3.8) is 0 Å². The summed E-state index contributed by atoms with van der Waals surface area (Å²) in [5.41, 5.74) is 2.59. The van der Waals surface area contributed by atoms with E-state index < -0.39 is 0 Å². The molecule has 7 nitrogen and oxygen atoms in total. The quantitative estimate of drug-likeness (QED) is 0.359. The summed E-state index contributed by atoms with van der Waals surface area (Å²) in [6.07, 6.45) is 12.1. The average molecular weight is 595 g/mol.